The highest BCUT2D eigenvalue weighted by molar-refractivity contribution is 5.85. The maximum atomic E-state index is 5.44. The monoisotopic (exact) mass is 320 g/mol. The molecule has 0 spiro atoms. The number of H-pyrrole nitrogens is 1. The number of fused-ring (bicyclic) bond motifs is 3. The molecule has 0 saturated carbocycles. The molecule has 3 heteroatoms. The number of rotatable bonds is 3. The van der Waals surface area contributed by atoms with E-state index in [9.17, 15) is 0 Å². The topological polar surface area (TPSA) is 37.0 Å². The Labute approximate surface area is 143 Å². The molecule has 4 rings (SSSR count). The van der Waals surface area contributed by atoms with Gasteiger partial charge in [0.15, 0.2) is 0 Å². The van der Waals surface area contributed by atoms with E-state index in [1.807, 2.05) is 0 Å². The van der Waals surface area contributed by atoms with Crippen LogP contribution in [0.4, 0.5) is 0 Å². The summed E-state index contributed by atoms with van der Waals surface area (Å²) in [6, 6.07) is 15.3. The van der Waals surface area contributed by atoms with E-state index >= 15 is 0 Å². The van der Waals surface area contributed by atoms with Crippen molar-refractivity contribution in [3.63, 3.8) is 0 Å². The minimum atomic E-state index is 0.212. The molecule has 0 saturated heterocycles. The average molecular weight is 320 g/mol. The number of ether oxygens (including phenoxy) is 1. The normalized spacial score (nSPS) is 17.2. The van der Waals surface area contributed by atoms with E-state index < -0.39 is 0 Å². The lowest BCUT2D eigenvalue weighted by atomic mass is 9.87. The van der Waals surface area contributed by atoms with Crippen molar-refractivity contribution in [1.29, 1.82) is 0 Å². The van der Waals surface area contributed by atoms with Gasteiger partial charge >= 0.3 is 0 Å². The van der Waals surface area contributed by atoms with Crippen molar-refractivity contribution in [1.82, 2.24) is 10.3 Å². The standard InChI is InChI=1S/C21H24N2O/c1-13(2)18-12-14(24-3)8-9-16(18)20-21-17(10-11-22-20)15-6-4-5-7-19(15)23-21/h4-9,12-13,20,22-23H,10-11H2,1-3H3. The molecule has 0 fully saturated rings. The smallest absolute Gasteiger partial charge is 0.119 e. The molecule has 2 aromatic carbocycles. The SMILES string of the molecule is COc1ccc(C2NCCc3c2[nH]c2ccccc32)c(C(C)C)c1. The molecular formula is C21H24N2O. The van der Waals surface area contributed by atoms with Crippen molar-refractivity contribution in [3.8, 4) is 5.75 Å². The zero-order valence-corrected chi connectivity index (χ0v) is 14.5. The van der Waals surface area contributed by atoms with Gasteiger partial charge in [-0.2, -0.15) is 0 Å². The predicted molar refractivity (Wildman–Crippen MR) is 98.9 cm³/mol. The first-order valence-electron chi connectivity index (χ1n) is 8.69. The number of hydrogen-bond donors (Lipinski definition) is 2. The van der Waals surface area contributed by atoms with Gasteiger partial charge in [0, 0.05) is 23.1 Å². The van der Waals surface area contributed by atoms with Gasteiger partial charge in [-0.1, -0.05) is 38.1 Å². The van der Waals surface area contributed by atoms with Crippen LogP contribution in [0.25, 0.3) is 10.9 Å². The molecule has 3 nitrogen and oxygen atoms in total. The summed E-state index contributed by atoms with van der Waals surface area (Å²) in [6.45, 7) is 5.49. The Morgan fingerprint density at radius 2 is 1.96 bits per heavy atom. The zero-order chi connectivity index (χ0) is 16.7. The molecule has 2 N–H and O–H groups in total. The summed E-state index contributed by atoms with van der Waals surface area (Å²) in [5, 5.41) is 5.07. The van der Waals surface area contributed by atoms with E-state index in [0.717, 1.165) is 18.7 Å². The Morgan fingerprint density at radius 1 is 1.12 bits per heavy atom. The van der Waals surface area contributed by atoms with Gasteiger partial charge in [-0.15, -0.1) is 0 Å². The first kappa shape index (κ1) is 15.3. The van der Waals surface area contributed by atoms with Crippen molar-refractivity contribution in [3.05, 3.63) is 64.8 Å². The van der Waals surface area contributed by atoms with Crippen LogP contribution in [-0.4, -0.2) is 18.6 Å². The number of para-hydroxylation sites is 1. The quantitative estimate of drug-likeness (QED) is 0.743. The largest absolute Gasteiger partial charge is 0.497 e. The van der Waals surface area contributed by atoms with E-state index in [1.54, 1.807) is 7.11 Å². The average Bonchev–Trinajstić information content (AvgIpc) is 3.00. The van der Waals surface area contributed by atoms with Crippen LogP contribution in [0.1, 0.15) is 48.2 Å². The van der Waals surface area contributed by atoms with Crippen molar-refractivity contribution in [2.45, 2.75) is 32.2 Å². The third-order valence-corrected chi connectivity index (χ3v) is 5.09. The van der Waals surface area contributed by atoms with Crippen LogP contribution in [0, 0.1) is 0 Å². The Balaban J connectivity index is 1.88. The molecule has 124 valence electrons. The van der Waals surface area contributed by atoms with E-state index in [0.29, 0.717) is 5.92 Å². The summed E-state index contributed by atoms with van der Waals surface area (Å²) in [5.74, 6) is 1.38. The lowest BCUT2D eigenvalue weighted by Gasteiger charge is -2.28. The highest BCUT2D eigenvalue weighted by atomic mass is 16.5. The maximum absolute atomic E-state index is 5.44. The third-order valence-electron chi connectivity index (χ3n) is 5.09. The minimum absolute atomic E-state index is 0.212. The number of aromatic nitrogens is 1. The van der Waals surface area contributed by atoms with Gasteiger partial charge < -0.3 is 15.0 Å². The van der Waals surface area contributed by atoms with E-state index in [1.165, 1.54) is 33.3 Å². The first-order chi connectivity index (χ1) is 11.7. The van der Waals surface area contributed by atoms with Crippen molar-refractivity contribution >= 4 is 10.9 Å². The van der Waals surface area contributed by atoms with Crippen LogP contribution in [0.2, 0.25) is 0 Å². The molecule has 2 heterocycles. The van der Waals surface area contributed by atoms with Crippen LogP contribution in [-0.2, 0) is 6.42 Å². The summed E-state index contributed by atoms with van der Waals surface area (Å²) in [4.78, 5) is 3.67. The summed E-state index contributed by atoms with van der Waals surface area (Å²) < 4.78 is 5.44. The van der Waals surface area contributed by atoms with E-state index in [-0.39, 0.29) is 6.04 Å². The van der Waals surface area contributed by atoms with Gasteiger partial charge in [-0.05, 0) is 47.2 Å². The summed E-state index contributed by atoms with van der Waals surface area (Å²) >= 11 is 0. The molecule has 1 aromatic heterocycles. The molecule has 1 aliphatic heterocycles. The summed E-state index contributed by atoms with van der Waals surface area (Å²) in [7, 11) is 1.73. The minimum Gasteiger partial charge on any atom is -0.497 e. The van der Waals surface area contributed by atoms with Crippen LogP contribution in [0.3, 0.4) is 0 Å². The highest BCUT2D eigenvalue weighted by Gasteiger charge is 2.27. The number of nitrogens with one attached hydrogen (secondary N) is 2. The molecule has 0 amide bonds. The predicted octanol–water partition coefficient (Wildman–Crippen LogP) is 4.54. The molecule has 1 atom stereocenters. The second-order valence-electron chi connectivity index (χ2n) is 6.85. The fraction of sp³-hybridized carbons (Fsp3) is 0.333. The Morgan fingerprint density at radius 3 is 2.75 bits per heavy atom. The molecule has 3 aromatic rings. The van der Waals surface area contributed by atoms with Crippen LogP contribution in [0.15, 0.2) is 42.5 Å². The summed E-state index contributed by atoms with van der Waals surface area (Å²) in [6.07, 6.45) is 1.07. The second-order valence-corrected chi connectivity index (χ2v) is 6.85. The number of benzene rings is 2. The van der Waals surface area contributed by atoms with Crippen LogP contribution < -0.4 is 10.1 Å². The maximum Gasteiger partial charge on any atom is 0.119 e. The van der Waals surface area contributed by atoms with Crippen LogP contribution >= 0.6 is 0 Å². The fourth-order valence-electron chi connectivity index (χ4n) is 3.89. The van der Waals surface area contributed by atoms with Gasteiger partial charge in [0.25, 0.3) is 0 Å². The lowest BCUT2D eigenvalue weighted by molar-refractivity contribution is 0.413. The van der Waals surface area contributed by atoms with Crippen molar-refractivity contribution in [2.75, 3.05) is 13.7 Å². The van der Waals surface area contributed by atoms with Gasteiger partial charge in [-0.25, -0.2) is 0 Å². The third kappa shape index (κ3) is 2.40. The van der Waals surface area contributed by atoms with Crippen molar-refractivity contribution < 1.29 is 4.74 Å². The zero-order valence-electron chi connectivity index (χ0n) is 14.5. The van der Waals surface area contributed by atoms with Gasteiger partial charge in [-0.3, -0.25) is 0 Å². The van der Waals surface area contributed by atoms with Crippen molar-refractivity contribution in [2.24, 2.45) is 0 Å². The molecule has 0 bridgehead atoms. The Kier molecular flexibility index (Phi) is 3.81. The van der Waals surface area contributed by atoms with Gasteiger partial charge in [0.05, 0.1) is 13.2 Å². The fourth-order valence-corrected chi connectivity index (χ4v) is 3.89. The Hall–Kier alpha value is -2.26. The molecule has 24 heavy (non-hydrogen) atoms. The molecule has 1 aliphatic rings. The Bertz CT molecular complexity index is 879. The van der Waals surface area contributed by atoms with E-state index in [2.05, 4.69) is 66.6 Å². The van der Waals surface area contributed by atoms with Gasteiger partial charge in [0.1, 0.15) is 5.75 Å². The highest BCUT2D eigenvalue weighted by Crippen LogP contribution is 2.37. The summed E-state index contributed by atoms with van der Waals surface area (Å²) in [5.41, 5.74) is 6.70. The number of hydrogen-bond acceptors (Lipinski definition) is 2. The van der Waals surface area contributed by atoms with Gasteiger partial charge in [0.2, 0.25) is 0 Å². The lowest BCUT2D eigenvalue weighted by Crippen LogP contribution is -2.31. The molecule has 1 unspecified atom stereocenters. The molecule has 0 radical (unpaired) electrons. The molecule has 0 aliphatic carbocycles. The number of methoxy groups -OCH3 is 1. The second kappa shape index (κ2) is 5.99. The molecular weight excluding hydrogens is 296 g/mol. The van der Waals surface area contributed by atoms with Crippen LogP contribution in [0.5, 0.6) is 5.75 Å². The number of aromatic amines is 1. The van der Waals surface area contributed by atoms with E-state index in [4.69, 9.17) is 4.74 Å². The first-order valence-corrected chi connectivity index (χ1v) is 8.69.